The molecule has 2 fully saturated rings. The summed E-state index contributed by atoms with van der Waals surface area (Å²) >= 11 is 0. The quantitative estimate of drug-likeness (QED) is 0.740. The predicted molar refractivity (Wildman–Crippen MR) is 64.4 cm³/mol. The second kappa shape index (κ2) is 4.48. The van der Waals surface area contributed by atoms with Crippen LogP contribution in [0.15, 0.2) is 12.3 Å². The van der Waals surface area contributed by atoms with Crippen LogP contribution in [-0.2, 0) is 16.5 Å². The Labute approximate surface area is 106 Å². The van der Waals surface area contributed by atoms with Gasteiger partial charge in [-0.05, 0) is 18.9 Å². The highest BCUT2D eigenvalue weighted by atomic mass is 16.6. The van der Waals surface area contributed by atoms with E-state index in [-0.39, 0.29) is 17.3 Å². The fourth-order valence-electron chi connectivity index (χ4n) is 2.94. The standard InChI is InChI=1S/C13H18N2O3/c1-15-11(2-5-14-15)12(16)10-3-6-18-13(8-10)4-7-17-9-13/h2,5,10H,3-4,6-9H2,1H3. The van der Waals surface area contributed by atoms with Crippen molar-refractivity contribution in [3.05, 3.63) is 18.0 Å². The third kappa shape index (κ3) is 1.97. The van der Waals surface area contributed by atoms with Crippen LogP contribution in [0.3, 0.4) is 0 Å². The zero-order chi connectivity index (χ0) is 12.6. The number of hydrogen-bond acceptors (Lipinski definition) is 4. The molecule has 0 aliphatic carbocycles. The van der Waals surface area contributed by atoms with E-state index in [2.05, 4.69) is 5.10 Å². The summed E-state index contributed by atoms with van der Waals surface area (Å²) in [6.07, 6.45) is 4.14. The zero-order valence-electron chi connectivity index (χ0n) is 10.6. The molecule has 3 heterocycles. The Kier molecular flexibility index (Phi) is 2.95. The Morgan fingerprint density at radius 2 is 2.44 bits per heavy atom. The number of hydrogen-bond donors (Lipinski definition) is 0. The summed E-state index contributed by atoms with van der Waals surface area (Å²) in [6, 6.07) is 1.79. The molecular formula is C13H18N2O3. The molecule has 1 aromatic rings. The molecule has 2 saturated heterocycles. The maximum Gasteiger partial charge on any atom is 0.184 e. The van der Waals surface area contributed by atoms with Crippen molar-refractivity contribution < 1.29 is 14.3 Å². The molecule has 0 aromatic carbocycles. The molecule has 2 atom stereocenters. The van der Waals surface area contributed by atoms with Gasteiger partial charge in [0.05, 0.1) is 12.2 Å². The topological polar surface area (TPSA) is 53.4 Å². The molecule has 5 heteroatoms. The maximum absolute atomic E-state index is 12.5. The van der Waals surface area contributed by atoms with Crippen LogP contribution in [0.1, 0.15) is 29.8 Å². The van der Waals surface area contributed by atoms with Gasteiger partial charge in [0.2, 0.25) is 0 Å². The van der Waals surface area contributed by atoms with Gasteiger partial charge in [-0.1, -0.05) is 0 Å². The Hall–Kier alpha value is -1.20. The molecular weight excluding hydrogens is 232 g/mol. The van der Waals surface area contributed by atoms with E-state index in [0.717, 1.165) is 25.9 Å². The molecule has 98 valence electrons. The molecule has 5 nitrogen and oxygen atoms in total. The van der Waals surface area contributed by atoms with Gasteiger partial charge in [-0.2, -0.15) is 5.10 Å². The van der Waals surface area contributed by atoms with Crippen LogP contribution in [0.5, 0.6) is 0 Å². The first-order chi connectivity index (χ1) is 8.70. The van der Waals surface area contributed by atoms with E-state index in [0.29, 0.717) is 18.9 Å². The molecule has 0 saturated carbocycles. The monoisotopic (exact) mass is 250 g/mol. The largest absolute Gasteiger partial charge is 0.378 e. The van der Waals surface area contributed by atoms with E-state index in [9.17, 15) is 4.79 Å². The van der Waals surface area contributed by atoms with Crippen LogP contribution >= 0.6 is 0 Å². The summed E-state index contributed by atoms with van der Waals surface area (Å²) in [5.41, 5.74) is 0.480. The number of carbonyl (C=O) groups is 1. The number of aryl methyl sites for hydroxylation is 1. The lowest BCUT2D eigenvalue weighted by Crippen LogP contribution is -2.42. The minimum absolute atomic E-state index is 0.0378. The highest BCUT2D eigenvalue weighted by molar-refractivity contribution is 5.96. The summed E-state index contributed by atoms with van der Waals surface area (Å²) < 4.78 is 12.9. The first-order valence-corrected chi connectivity index (χ1v) is 6.44. The number of ether oxygens (including phenoxy) is 2. The fraction of sp³-hybridized carbons (Fsp3) is 0.692. The average molecular weight is 250 g/mol. The van der Waals surface area contributed by atoms with E-state index in [4.69, 9.17) is 9.47 Å². The van der Waals surface area contributed by atoms with Gasteiger partial charge >= 0.3 is 0 Å². The number of aromatic nitrogens is 2. The molecule has 2 aliphatic heterocycles. The lowest BCUT2D eigenvalue weighted by atomic mass is 9.82. The summed E-state index contributed by atoms with van der Waals surface area (Å²) in [7, 11) is 1.81. The number of Topliss-reactive ketones (excluding diaryl/α,β-unsaturated/α-hetero) is 1. The lowest BCUT2D eigenvalue weighted by molar-refractivity contribution is -0.0921. The van der Waals surface area contributed by atoms with Crippen LogP contribution in [0.25, 0.3) is 0 Å². The molecule has 0 radical (unpaired) electrons. The highest BCUT2D eigenvalue weighted by Crippen LogP contribution is 2.36. The Morgan fingerprint density at radius 1 is 1.56 bits per heavy atom. The van der Waals surface area contributed by atoms with Crippen molar-refractivity contribution in [2.75, 3.05) is 19.8 Å². The minimum Gasteiger partial charge on any atom is -0.378 e. The molecule has 1 aromatic heterocycles. The third-order valence-corrected chi connectivity index (χ3v) is 4.00. The molecule has 0 amide bonds. The number of nitrogens with zero attached hydrogens (tertiary/aromatic N) is 2. The van der Waals surface area contributed by atoms with Crippen LogP contribution in [0.4, 0.5) is 0 Å². The zero-order valence-corrected chi connectivity index (χ0v) is 10.6. The second-order valence-corrected chi connectivity index (χ2v) is 5.23. The number of carbonyl (C=O) groups excluding carboxylic acids is 1. The molecule has 0 bridgehead atoms. The van der Waals surface area contributed by atoms with Gasteiger partial charge in [-0.3, -0.25) is 9.48 Å². The number of rotatable bonds is 2. The van der Waals surface area contributed by atoms with Crippen LogP contribution in [-0.4, -0.2) is 41.0 Å². The van der Waals surface area contributed by atoms with Crippen molar-refractivity contribution in [3.63, 3.8) is 0 Å². The Bertz CT molecular complexity index is 449. The normalized spacial score (nSPS) is 31.9. The molecule has 2 aliphatic rings. The molecule has 0 N–H and O–H groups in total. The van der Waals surface area contributed by atoms with E-state index in [1.807, 2.05) is 0 Å². The second-order valence-electron chi connectivity index (χ2n) is 5.23. The maximum atomic E-state index is 12.5. The van der Waals surface area contributed by atoms with Gasteiger partial charge < -0.3 is 9.47 Å². The third-order valence-electron chi connectivity index (χ3n) is 4.00. The molecule has 18 heavy (non-hydrogen) atoms. The van der Waals surface area contributed by atoms with Crippen molar-refractivity contribution in [1.29, 1.82) is 0 Å². The lowest BCUT2D eigenvalue weighted by Gasteiger charge is -2.36. The van der Waals surface area contributed by atoms with Gasteiger partial charge in [-0.15, -0.1) is 0 Å². The van der Waals surface area contributed by atoms with E-state index >= 15 is 0 Å². The molecule has 2 unspecified atom stereocenters. The van der Waals surface area contributed by atoms with Crippen LogP contribution in [0, 0.1) is 5.92 Å². The van der Waals surface area contributed by atoms with Gasteiger partial charge in [-0.25, -0.2) is 0 Å². The summed E-state index contributed by atoms with van der Waals surface area (Å²) in [5.74, 6) is 0.223. The van der Waals surface area contributed by atoms with Crippen LogP contribution < -0.4 is 0 Å². The van der Waals surface area contributed by atoms with Gasteiger partial charge in [0.25, 0.3) is 0 Å². The predicted octanol–water partition coefficient (Wildman–Crippen LogP) is 1.19. The van der Waals surface area contributed by atoms with E-state index < -0.39 is 0 Å². The van der Waals surface area contributed by atoms with Crippen LogP contribution in [0.2, 0.25) is 0 Å². The van der Waals surface area contributed by atoms with E-state index in [1.165, 1.54) is 0 Å². The molecule has 1 spiro atoms. The van der Waals surface area contributed by atoms with Crippen molar-refractivity contribution in [2.45, 2.75) is 24.9 Å². The average Bonchev–Trinajstić information content (AvgIpc) is 2.98. The first kappa shape index (κ1) is 11.9. The summed E-state index contributed by atoms with van der Waals surface area (Å²) in [5, 5.41) is 4.06. The van der Waals surface area contributed by atoms with Crippen molar-refractivity contribution in [3.8, 4) is 0 Å². The highest BCUT2D eigenvalue weighted by Gasteiger charge is 2.43. The van der Waals surface area contributed by atoms with Crippen molar-refractivity contribution in [2.24, 2.45) is 13.0 Å². The molecule has 3 rings (SSSR count). The van der Waals surface area contributed by atoms with Crippen molar-refractivity contribution >= 4 is 5.78 Å². The Morgan fingerprint density at radius 3 is 3.11 bits per heavy atom. The first-order valence-electron chi connectivity index (χ1n) is 6.44. The van der Waals surface area contributed by atoms with Gasteiger partial charge in [0.15, 0.2) is 5.78 Å². The number of ketones is 1. The SMILES string of the molecule is Cn1nccc1C(=O)C1CCOC2(CCOC2)C1. The van der Waals surface area contributed by atoms with Gasteiger partial charge in [0.1, 0.15) is 5.69 Å². The fourth-order valence-corrected chi connectivity index (χ4v) is 2.94. The Balaban J connectivity index is 1.76. The summed E-state index contributed by atoms with van der Waals surface area (Å²) in [4.78, 5) is 12.5. The minimum atomic E-state index is -0.211. The van der Waals surface area contributed by atoms with Crippen molar-refractivity contribution in [1.82, 2.24) is 9.78 Å². The van der Waals surface area contributed by atoms with Gasteiger partial charge in [0, 0.05) is 38.8 Å². The van der Waals surface area contributed by atoms with E-state index in [1.54, 1.807) is 24.0 Å². The summed E-state index contributed by atoms with van der Waals surface area (Å²) in [6.45, 7) is 2.02. The smallest absolute Gasteiger partial charge is 0.184 e.